The van der Waals surface area contributed by atoms with Gasteiger partial charge in [-0.05, 0) is 25.5 Å². The summed E-state index contributed by atoms with van der Waals surface area (Å²) in [7, 11) is 0. The van der Waals surface area contributed by atoms with Crippen molar-refractivity contribution < 1.29 is 4.74 Å². The average molecular weight is 256 g/mol. The summed E-state index contributed by atoms with van der Waals surface area (Å²) in [6.45, 7) is 2.57. The second-order valence-corrected chi connectivity index (χ2v) is 5.15. The molecule has 1 aromatic carbocycles. The number of hydrogen-bond acceptors (Lipinski definition) is 3. The van der Waals surface area contributed by atoms with Crippen LogP contribution in [0.25, 0.3) is 10.9 Å². The molecule has 0 amide bonds. The predicted molar refractivity (Wildman–Crippen MR) is 77.0 cm³/mol. The molecule has 1 N–H and O–H groups in total. The molecule has 1 atom stereocenters. The van der Waals surface area contributed by atoms with Gasteiger partial charge in [-0.1, -0.05) is 30.7 Å². The maximum absolute atomic E-state index is 5.86. The molecule has 3 rings (SSSR count). The first-order valence-corrected chi connectivity index (χ1v) is 7.07. The van der Waals surface area contributed by atoms with Crippen LogP contribution in [0, 0.1) is 0 Å². The fourth-order valence-corrected chi connectivity index (χ4v) is 2.66. The first-order valence-electron chi connectivity index (χ1n) is 7.07. The lowest BCUT2D eigenvalue weighted by Crippen LogP contribution is -2.37. The number of nitrogens with zero attached hydrogens (tertiary/aromatic N) is 1. The Balaban J connectivity index is 1.62. The second-order valence-electron chi connectivity index (χ2n) is 5.15. The van der Waals surface area contributed by atoms with Crippen molar-refractivity contribution >= 4 is 10.9 Å². The molecular formula is C16H20N2O. The molecule has 1 fully saturated rings. The third-order valence-electron chi connectivity index (χ3n) is 3.71. The molecule has 2 heterocycles. The summed E-state index contributed by atoms with van der Waals surface area (Å²) in [6, 6.07) is 10.9. The van der Waals surface area contributed by atoms with Gasteiger partial charge < -0.3 is 10.1 Å². The van der Waals surface area contributed by atoms with E-state index in [1.54, 1.807) is 0 Å². The van der Waals surface area contributed by atoms with Crippen LogP contribution in [0.4, 0.5) is 0 Å². The number of aromatic nitrogens is 1. The molecule has 3 heteroatoms. The minimum Gasteiger partial charge on any atom is -0.375 e. The zero-order valence-electron chi connectivity index (χ0n) is 11.1. The average Bonchev–Trinajstić information content (AvgIpc) is 2.49. The number of benzene rings is 1. The Morgan fingerprint density at radius 2 is 2.16 bits per heavy atom. The highest BCUT2D eigenvalue weighted by molar-refractivity contribution is 5.81. The number of ether oxygens (including phenoxy) is 1. The minimum absolute atomic E-state index is 0.525. The number of nitrogens with one attached hydrogen (secondary N) is 1. The number of pyridine rings is 1. The quantitative estimate of drug-likeness (QED) is 0.913. The van der Waals surface area contributed by atoms with Crippen molar-refractivity contribution in [1.82, 2.24) is 10.3 Å². The first kappa shape index (κ1) is 12.6. The maximum Gasteiger partial charge on any atom is 0.0757 e. The van der Waals surface area contributed by atoms with E-state index in [0.29, 0.717) is 12.6 Å². The monoisotopic (exact) mass is 256 g/mol. The highest BCUT2D eigenvalue weighted by Crippen LogP contribution is 2.17. The van der Waals surface area contributed by atoms with Crippen molar-refractivity contribution in [2.24, 2.45) is 0 Å². The van der Waals surface area contributed by atoms with E-state index in [2.05, 4.69) is 34.6 Å². The van der Waals surface area contributed by atoms with Crippen LogP contribution in [0.3, 0.4) is 0 Å². The largest absolute Gasteiger partial charge is 0.375 e. The Morgan fingerprint density at radius 1 is 1.21 bits per heavy atom. The van der Waals surface area contributed by atoms with Gasteiger partial charge >= 0.3 is 0 Å². The van der Waals surface area contributed by atoms with Gasteiger partial charge in [0.15, 0.2) is 0 Å². The summed E-state index contributed by atoms with van der Waals surface area (Å²) in [6.07, 6.45) is 5.68. The Labute approximate surface area is 114 Å². The van der Waals surface area contributed by atoms with Gasteiger partial charge in [0.2, 0.25) is 0 Å². The summed E-state index contributed by atoms with van der Waals surface area (Å²) in [4.78, 5) is 4.45. The Hall–Kier alpha value is -1.45. The molecule has 0 saturated carbocycles. The van der Waals surface area contributed by atoms with E-state index >= 15 is 0 Å². The fourth-order valence-electron chi connectivity index (χ4n) is 2.66. The van der Waals surface area contributed by atoms with Crippen LogP contribution in [0.5, 0.6) is 0 Å². The Morgan fingerprint density at radius 3 is 3.05 bits per heavy atom. The van der Waals surface area contributed by atoms with Gasteiger partial charge in [0.25, 0.3) is 0 Å². The van der Waals surface area contributed by atoms with E-state index in [1.165, 1.54) is 30.2 Å². The van der Waals surface area contributed by atoms with Gasteiger partial charge in [-0.3, -0.25) is 4.98 Å². The van der Waals surface area contributed by atoms with Crippen LogP contribution in [0.15, 0.2) is 36.5 Å². The number of piperidine rings is 1. The third-order valence-corrected chi connectivity index (χ3v) is 3.71. The highest BCUT2D eigenvalue weighted by Gasteiger charge is 2.12. The lowest BCUT2D eigenvalue weighted by atomic mass is 10.1. The molecule has 100 valence electrons. The van der Waals surface area contributed by atoms with Crippen molar-refractivity contribution in [3.05, 3.63) is 42.1 Å². The Kier molecular flexibility index (Phi) is 4.06. The predicted octanol–water partition coefficient (Wildman–Crippen LogP) is 2.89. The lowest BCUT2D eigenvalue weighted by Gasteiger charge is -2.23. The molecule has 2 aromatic rings. The van der Waals surface area contributed by atoms with Crippen molar-refractivity contribution in [3.8, 4) is 0 Å². The van der Waals surface area contributed by atoms with E-state index in [1.807, 2.05) is 12.3 Å². The molecule has 0 bridgehead atoms. The van der Waals surface area contributed by atoms with Crippen LogP contribution < -0.4 is 5.32 Å². The second kappa shape index (κ2) is 6.13. The maximum atomic E-state index is 5.86. The molecule has 1 unspecified atom stereocenters. The van der Waals surface area contributed by atoms with Crippen LogP contribution in [0.1, 0.15) is 24.8 Å². The minimum atomic E-state index is 0.525. The van der Waals surface area contributed by atoms with Crippen LogP contribution in [-0.4, -0.2) is 24.2 Å². The molecule has 19 heavy (non-hydrogen) atoms. The molecule has 1 saturated heterocycles. The van der Waals surface area contributed by atoms with E-state index in [4.69, 9.17) is 4.74 Å². The third kappa shape index (κ3) is 3.11. The van der Waals surface area contributed by atoms with Gasteiger partial charge in [-0.2, -0.15) is 0 Å². The number of hydrogen-bond donors (Lipinski definition) is 1. The van der Waals surface area contributed by atoms with Crippen LogP contribution in [0.2, 0.25) is 0 Å². The standard InChI is InChI=1S/C16H20N2O/c1-2-9-17-15(8-1)12-19-11-14-6-3-5-13-7-4-10-18-16(13)14/h3-7,10,15,17H,1-2,8-9,11-12H2. The number of para-hydroxylation sites is 1. The number of rotatable bonds is 4. The molecule has 0 aliphatic carbocycles. The molecular weight excluding hydrogens is 236 g/mol. The zero-order valence-corrected chi connectivity index (χ0v) is 11.1. The molecule has 3 nitrogen and oxygen atoms in total. The summed E-state index contributed by atoms with van der Waals surface area (Å²) >= 11 is 0. The van der Waals surface area contributed by atoms with Crippen molar-refractivity contribution in [3.63, 3.8) is 0 Å². The van der Waals surface area contributed by atoms with Crippen LogP contribution >= 0.6 is 0 Å². The van der Waals surface area contributed by atoms with E-state index in [9.17, 15) is 0 Å². The van der Waals surface area contributed by atoms with Crippen molar-refractivity contribution in [2.45, 2.75) is 31.9 Å². The molecule has 1 aliphatic heterocycles. The number of fused-ring (bicyclic) bond motifs is 1. The van der Waals surface area contributed by atoms with Gasteiger partial charge in [-0.25, -0.2) is 0 Å². The fraction of sp³-hybridized carbons (Fsp3) is 0.438. The lowest BCUT2D eigenvalue weighted by molar-refractivity contribution is 0.0917. The summed E-state index contributed by atoms with van der Waals surface area (Å²) < 4.78 is 5.86. The van der Waals surface area contributed by atoms with E-state index in [0.717, 1.165) is 18.7 Å². The van der Waals surface area contributed by atoms with E-state index < -0.39 is 0 Å². The molecule has 0 spiro atoms. The summed E-state index contributed by atoms with van der Waals surface area (Å²) in [5, 5.41) is 4.68. The molecule has 1 aliphatic rings. The van der Waals surface area contributed by atoms with Gasteiger partial charge in [0.05, 0.1) is 18.7 Å². The molecule has 1 aromatic heterocycles. The highest BCUT2D eigenvalue weighted by atomic mass is 16.5. The zero-order chi connectivity index (χ0) is 12.9. The smallest absolute Gasteiger partial charge is 0.0757 e. The summed E-state index contributed by atoms with van der Waals surface area (Å²) in [5.74, 6) is 0. The SMILES string of the molecule is c1cnc2c(COCC3CCCCN3)cccc2c1. The van der Waals surface area contributed by atoms with Gasteiger partial charge in [0.1, 0.15) is 0 Å². The van der Waals surface area contributed by atoms with Crippen molar-refractivity contribution in [1.29, 1.82) is 0 Å². The van der Waals surface area contributed by atoms with Crippen molar-refractivity contribution in [2.75, 3.05) is 13.2 Å². The van der Waals surface area contributed by atoms with Gasteiger partial charge in [0, 0.05) is 23.2 Å². The van der Waals surface area contributed by atoms with Crippen LogP contribution in [-0.2, 0) is 11.3 Å². The first-order chi connectivity index (χ1) is 9.43. The normalized spacial score (nSPS) is 19.7. The topological polar surface area (TPSA) is 34.1 Å². The molecule has 0 radical (unpaired) electrons. The summed E-state index contributed by atoms with van der Waals surface area (Å²) in [5.41, 5.74) is 2.23. The van der Waals surface area contributed by atoms with Gasteiger partial charge in [-0.15, -0.1) is 0 Å². The van der Waals surface area contributed by atoms with E-state index in [-0.39, 0.29) is 0 Å². The Bertz CT molecular complexity index is 530.